The van der Waals surface area contributed by atoms with E-state index in [9.17, 15) is 18.0 Å². The largest absolute Gasteiger partial charge is 0.481 e. The normalized spacial score (nSPS) is 17.9. The van der Waals surface area contributed by atoms with Crippen molar-refractivity contribution >= 4 is 5.97 Å². The van der Waals surface area contributed by atoms with Crippen LogP contribution in [0.1, 0.15) is 54.7 Å². The molecule has 2 fully saturated rings. The lowest BCUT2D eigenvalue weighted by atomic mass is 9.81. The summed E-state index contributed by atoms with van der Waals surface area (Å²) >= 11 is 0. The predicted octanol–water partition coefficient (Wildman–Crippen LogP) is 5.99. The van der Waals surface area contributed by atoms with Crippen LogP contribution in [0.5, 0.6) is 0 Å². The Kier molecular flexibility index (Phi) is 6.35. The van der Waals surface area contributed by atoms with Crippen LogP contribution in [-0.2, 0) is 17.5 Å². The van der Waals surface area contributed by atoms with E-state index in [1.54, 1.807) is 12.1 Å². The summed E-state index contributed by atoms with van der Waals surface area (Å²) in [6.45, 7) is 1.71. The Labute approximate surface area is 200 Å². The zero-order valence-corrected chi connectivity index (χ0v) is 19.1. The molecule has 1 saturated heterocycles. The van der Waals surface area contributed by atoms with Gasteiger partial charge in [0.1, 0.15) is 0 Å². The molecule has 9 heteroatoms. The molecule has 2 aliphatic rings. The Morgan fingerprint density at radius 2 is 1.71 bits per heavy atom. The number of aromatic nitrogens is 2. The van der Waals surface area contributed by atoms with Gasteiger partial charge in [-0.25, -0.2) is 0 Å². The second kappa shape index (κ2) is 9.45. The van der Waals surface area contributed by atoms with E-state index in [4.69, 9.17) is 9.63 Å². The van der Waals surface area contributed by atoms with Crippen molar-refractivity contribution in [2.24, 2.45) is 5.92 Å². The van der Waals surface area contributed by atoms with Gasteiger partial charge in [-0.05, 0) is 42.0 Å². The first kappa shape index (κ1) is 23.5. The second-order valence-corrected chi connectivity index (χ2v) is 9.48. The first-order valence-corrected chi connectivity index (χ1v) is 11.9. The lowest BCUT2D eigenvalue weighted by molar-refractivity contribution is -0.147. The maximum atomic E-state index is 13.9. The van der Waals surface area contributed by atoms with Gasteiger partial charge in [0.05, 0.1) is 11.5 Å². The van der Waals surface area contributed by atoms with Crippen molar-refractivity contribution in [2.75, 3.05) is 13.1 Å². The lowest BCUT2D eigenvalue weighted by Gasteiger charge is -2.36. The third-order valence-electron chi connectivity index (χ3n) is 7.00. The second-order valence-electron chi connectivity index (χ2n) is 9.48. The van der Waals surface area contributed by atoms with E-state index in [2.05, 4.69) is 15.0 Å². The molecule has 1 saturated carbocycles. The smallest absolute Gasteiger partial charge is 0.416 e. The third kappa shape index (κ3) is 5.10. The fourth-order valence-electron chi connectivity index (χ4n) is 5.03. The number of benzene rings is 2. The van der Waals surface area contributed by atoms with E-state index in [0.717, 1.165) is 43.7 Å². The molecule has 0 unspecified atom stereocenters. The number of alkyl halides is 3. The maximum absolute atomic E-state index is 13.9. The van der Waals surface area contributed by atoms with Gasteiger partial charge in [0.25, 0.3) is 5.89 Å². The molecule has 5 rings (SSSR count). The van der Waals surface area contributed by atoms with Gasteiger partial charge >= 0.3 is 12.1 Å². The SMILES string of the molecule is O=C(O)C1CN(Cc2ccc(-c3noc(-c4ccc(C5CCCCC5)c(C(F)(F)F)c4)n3)cc2)C1. The summed E-state index contributed by atoms with van der Waals surface area (Å²) in [7, 11) is 0. The van der Waals surface area contributed by atoms with Crippen LogP contribution >= 0.6 is 0 Å². The molecule has 2 aromatic carbocycles. The maximum Gasteiger partial charge on any atom is 0.416 e. The van der Waals surface area contributed by atoms with E-state index in [0.29, 0.717) is 36.6 Å². The molecule has 0 spiro atoms. The van der Waals surface area contributed by atoms with Crippen LogP contribution in [0.25, 0.3) is 22.8 Å². The Morgan fingerprint density at radius 3 is 2.37 bits per heavy atom. The zero-order chi connectivity index (χ0) is 24.6. The number of nitrogens with zero attached hydrogens (tertiary/aromatic N) is 3. The van der Waals surface area contributed by atoms with Crippen LogP contribution in [0.15, 0.2) is 47.0 Å². The molecule has 0 radical (unpaired) electrons. The van der Waals surface area contributed by atoms with E-state index in [1.807, 2.05) is 24.3 Å². The highest BCUT2D eigenvalue weighted by Crippen LogP contribution is 2.42. The minimum absolute atomic E-state index is 0.0464. The molecule has 1 aliphatic carbocycles. The number of carboxylic acid groups (broad SMARTS) is 1. The van der Waals surface area contributed by atoms with Gasteiger partial charge in [0.15, 0.2) is 0 Å². The van der Waals surface area contributed by atoms with E-state index >= 15 is 0 Å². The summed E-state index contributed by atoms with van der Waals surface area (Å²) in [5.74, 6) is -0.800. The first-order chi connectivity index (χ1) is 16.8. The van der Waals surface area contributed by atoms with E-state index in [1.165, 1.54) is 0 Å². The minimum Gasteiger partial charge on any atom is -0.481 e. The standard InChI is InChI=1S/C26H26F3N3O3/c27-26(28,29)22-12-19(10-11-21(22)17-4-2-1-3-5-17)24-30-23(31-35-24)18-8-6-16(7-9-18)13-32-14-20(15-32)25(33)34/h6-12,17,20H,1-5,13-15H2,(H,33,34). The topological polar surface area (TPSA) is 79.5 Å². The summed E-state index contributed by atoms with van der Waals surface area (Å²) in [5.41, 5.74) is 1.69. The molecule has 1 aromatic heterocycles. The summed E-state index contributed by atoms with van der Waals surface area (Å²) in [5, 5.41) is 13.0. The Bertz CT molecular complexity index is 1190. The average Bonchev–Trinajstić information content (AvgIpc) is 3.31. The summed E-state index contributed by atoms with van der Waals surface area (Å²) in [4.78, 5) is 17.3. The molecule has 184 valence electrons. The van der Waals surface area contributed by atoms with Crippen molar-refractivity contribution in [3.63, 3.8) is 0 Å². The highest BCUT2D eigenvalue weighted by atomic mass is 19.4. The monoisotopic (exact) mass is 485 g/mol. The van der Waals surface area contributed by atoms with Crippen LogP contribution in [0, 0.1) is 5.92 Å². The number of halogens is 3. The number of likely N-dealkylation sites (tertiary alicyclic amines) is 1. The van der Waals surface area contributed by atoms with Gasteiger partial charge in [0, 0.05) is 30.8 Å². The molecular weight excluding hydrogens is 459 g/mol. The van der Waals surface area contributed by atoms with Gasteiger partial charge in [0.2, 0.25) is 5.82 Å². The summed E-state index contributed by atoms with van der Waals surface area (Å²) in [6.07, 6.45) is 0.0857. The Hall–Kier alpha value is -3.20. The van der Waals surface area contributed by atoms with Gasteiger partial charge in [-0.1, -0.05) is 54.8 Å². The molecule has 1 aliphatic heterocycles. The minimum atomic E-state index is -4.46. The van der Waals surface area contributed by atoms with Crippen molar-refractivity contribution in [2.45, 2.75) is 50.7 Å². The Balaban J connectivity index is 1.32. The molecule has 6 nitrogen and oxygen atoms in total. The highest BCUT2D eigenvalue weighted by Gasteiger charge is 2.36. The molecule has 1 N–H and O–H groups in total. The van der Waals surface area contributed by atoms with Crippen LogP contribution in [0.3, 0.4) is 0 Å². The summed E-state index contributed by atoms with van der Waals surface area (Å²) < 4.78 is 47.0. The fraction of sp³-hybridized carbons (Fsp3) is 0.423. The number of aliphatic carboxylic acids is 1. The molecule has 0 bridgehead atoms. The van der Waals surface area contributed by atoms with Crippen LogP contribution in [0.4, 0.5) is 13.2 Å². The van der Waals surface area contributed by atoms with Crippen LogP contribution in [0.2, 0.25) is 0 Å². The number of hydrogen-bond acceptors (Lipinski definition) is 5. The molecule has 2 heterocycles. The quantitative estimate of drug-likeness (QED) is 0.462. The summed E-state index contributed by atoms with van der Waals surface area (Å²) in [6, 6.07) is 11.8. The van der Waals surface area contributed by atoms with Gasteiger partial charge in [-0.2, -0.15) is 18.2 Å². The fourth-order valence-corrected chi connectivity index (χ4v) is 5.03. The van der Waals surface area contributed by atoms with Gasteiger partial charge in [-0.3, -0.25) is 9.69 Å². The average molecular weight is 486 g/mol. The van der Waals surface area contributed by atoms with Crippen molar-refractivity contribution < 1.29 is 27.6 Å². The highest BCUT2D eigenvalue weighted by molar-refractivity contribution is 5.71. The van der Waals surface area contributed by atoms with Gasteiger partial charge < -0.3 is 9.63 Å². The van der Waals surface area contributed by atoms with Crippen molar-refractivity contribution in [1.29, 1.82) is 0 Å². The number of carboxylic acids is 1. The number of hydrogen-bond donors (Lipinski definition) is 1. The Morgan fingerprint density at radius 1 is 1.03 bits per heavy atom. The molecule has 0 atom stereocenters. The number of carbonyl (C=O) groups is 1. The van der Waals surface area contributed by atoms with E-state index < -0.39 is 17.7 Å². The molecule has 35 heavy (non-hydrogen) atoms. The van der Waals surface area contributed by atoms with Crippen LogP contribution in [-0.4, -0.2) is 39.2 Å². The van der Waals surface area contributed by atoms with Crippen LogP contribution < -0.4 is 0 Å². The van der Waals surface area contributed by atoms with E-state index in [-0.39, 0.29) is 23.3 Å². The molecule has 3 aromatic rings. The third-order valence-corrected chi connectivity index (χ3v) is 7.00. The van der Waals surface area contributed by atoms with Gasteiger partial charge in [-0.15, -0.1) is 0 Å². The zero-order valence-electron chi connectivity index (χ0n) is 19.1. The predicted molar refractivity (Wildman–Crippen MR) is 122 cm³/mol. The first-order valence-electron chi connectivity index (χ1n) is 11.9. The van der Waals surface area contributed by atoms with Crippen molar-refractivity contribution in [3.8, 4) is 22.8 Å². The van der Waals surface area contributed by atoms with Crippen molar-refractivity contribution in [1.82, 2.24) is 15.0 Å². The molecular formula is C26H26F3N3O3. The number of rotatable bonds is 6. The van der Waals surface area contributed by atoms with Crippen molar-refractivity contribution in [3.05, 3.63) is 59.2 Å². The lowest BCUT2D eigenvalue weighted by Crippen LogP contribution is -2.49. The molecule has 0 amide bonds.